The van der Waals surface area contributed by atoms with E-state index < -0.39 is 12.1 Å². The summed E-state index contributed by atoms with van der Waals surface area (Å²) in [5.74, 6) is 0.295. The normalized spacial score (nSPS) is 11.8. The third-order valence-corrected chi connectivity index (χ3v) is 3.52. The SMILES string of the molecule is CCC(CO)N(C(=O)OCc1ccccc1)c1cc(Cl)ncn1. The quantitative estimate of drug-likeness (QED) is 0.821. The summed E-state index contributed by atoms with van der Waals surface area (Å²) in [4.78, 5) is 21.6. The lowest BCUT2D eigenvalue weighted by Crippen LogP contribution is -2.43. The van der Waals surface area contributed by atoms with E-state index in [4.69, 9.17) is 16.3 Å². The zero-order valence-electron chi connectivity index (χ0n) is 12.7. The predicted octanol–water partition coefficient (Wildman–Crippen LogP) is 3.04. The van der Waals surface area contributed by atoms with Crippen LogP contribution in [-0.2, 0) is 11.3 Å². The fraction of sp³-hybridized carbons (Fsp3) is 0.312. The van der Waals surface area contributed by atoms with Crippen molar-refractivity contribution in [2.75, 3.05) is 11.5 Å². The molecule has 1 unspecified atom stereocenters. The van der Waals surface area contributed by atoms with Crippen LogP contribution in [0.2, 0.25) is 5.15 Å². The molecule has 0 aliphatic heterocycles. The maximum Gasteiger partial charge on any atom is 0.416 e. The molecule has 0 saturated heterocycles. The lowest BCUT2D eigenvalue weighted by molar-refractivity contribution is 0.139. The number of hydrogen-bond donors (Lipinski definition) is 1. The van der Waals surface area contributed by atoms with E-state index >= 15 is 0 Å². The summed E-state index contributed by atoms with van der Waals surface area (Å²) in [6.07, 6.45) is 1.21. The molecule has 2 rings (SSSR count). The van der Waals surface area contributed by atoms with Gasteiger partial charge in [0.1, 0.15) is 23.9 Å². The average molecular weight is 336 g/mol. The van der Waals surface area contributed by atoms with Gasteiger partial charge in [0, 0.05) is 6.07 Å². The van der Waals surface area contributed by atoms with E-state index in [2.05, 4.69) is 9.97 Å². The average Bonchev–Trinajstić information content (AvgIpc) is 2.58. The number of hydrogen-bond acceptors (Lipinski definition) is 5. The molecular weight excluding hydrogens is 318 g/mol. The highest BCUT2D eigenvalue weighted by molar-refractivity contribution is 6.29. The number of rotatable bonds is 6. The maximum atomic E-state index is 12.5. The number of aliphatic hydroxyl groups is 1. The van der Waals surface area contributed by atoms with Crippen LogP contribution >= 0.6 is 11.6 Å². The summed E-state index contributed by atoms with van der Waals surface area (Å²) in [5, 5.41) is 9.75. The van der Waals surface area contributed by atoms with Crippen LogP contribution in [0.15, 0.2) is 42.7 Å². The monoisotopic (exact) mass is 335 g/mol. The first-order valence-electron chi connectivity index (χ1n) is 7.24. The smallest absolute Gasteiger partial charge is 0.416 e. The largest absolute Gasteiger partial charge is 0.444 e. The Kier molecular flexibility index (Phi) is 6.31. The molecule has 2 aromatic rings. The number of halogens is 1. The molecule has 0 bridgehead atoms. The van der Waals surface area contributed by atoms with Crippen molar-refractivity contribution in [3.8, 4) is 0 Å². The summed E-state index contributed by atoms with van der Waals surface area (Å²) in [5.41, 5.74) is 0.874. The Morgan fingerprint density at radius 3 is 2.70 bits per heavy atom. The molecule has 122 valence electrons. The lowest BCUT2D eigenvalue weighted by atomic mass is 10.2. The molecule has 1 N–H and O–H groups in total. The van der Waals surface area contributed by atoms with Gasteiger partial charge in [-0.25, -0.2) is 14.8 Å². The van der Waals surface area contributed by atoms with E-state index in [0.717, 1.165) is 5.56 Å². The third kappa shape index (κ3) is 4.64. The number of anilines is 1. The van der Waals surface area contributed by atoms with Crippen LogP contribution in [0.1, 0.15) is 18.9 Å². The van der Waals surface area contributed by atoms with Crippen LogP contribution in [0, 0.1) is 0 Å². The molecule has 0 fully saturated rings. The first-order valence-corrected chi connectivity index (χ1v) is 7.61. The Bertz CT molecular complexity index is 635. The highest BCUT2D eigenvalue weighted by Crippen LogP contribution is 2.20. The fourth-order valence-electron chi connectivity index (χ4n) is 2.07. The van der Waals surface area contributed by atoms with Crippen molar-refractivity contribution < 1.29 is 14.6 Å². The van der Waals surface area contributed by atoms with Gasteiger partial charge < -0.3 is 9.84 Å². The van der Waals surface area contributed by atoms with Crippen molar-refractivity contribution >= 4 is 23.5 Å². The Morgan fingerprint density at radius 2 is 2.09 bits per heavy atom. The number of aliphatic hydroxyl groups excluding tert-OH is 1. The number of benzene rings is 1. The topological polar surface area (TPSA) is 75.5 Å². The molecule has 0 spiro atoms. The van der Waals surface area contributed by atoms with Crippen molar-refractivity contribution in [1.29, 1.82) is 0 Å². The molecule has 0 aliphatic carbocycles. The van der Waals surface area contributed by atoms with Crippen molar-refractivity contribution in [2.45, 2.75) is 26.0 Å². The summed E-state index contributed by atoms with van der Waals surface area (Å²) in [6, 6.07) is 10.4. The van der Waals surface area contributed by atoms with Crippen LogP contribution in [0.5, 0.6) is 0 Å². The third-order valence-electron chi connectivity index (χ3n) is 3.32. The second-order valence-electron chi connectivity index (χ2n) is 4.85. The number of amides is 1. The van der Waals surface area contributed by atoms with E-state index in [-0.39, 0.29) is 18.4 Å². The van der Waals surface area contributed by atoms with E-state index in [0.29, 0.717) is 12.2 Å². The summed E-state index contributed by atoms with van der Waals surface area (Å²) < 4.78 is 5.34. The number of nitrogens with zero attached hydrogens (tertiary/aromatic N) is 3. The second-order valence-corrected chi connectivity index (χ2v) is 5.24. The number of aromatic nitrogens is 2. The van der Waals surface area contributed by atoms with Gasteiger partial charge in [-0.05, 0) is 12.0 Å². The zero-order valence-corrected chi connectivity index (χ0v) is 13.5. The molecule has 1 amide bonds. The van der Waals surface area contributed by atoms with Gasteiger partial charge >= 0.3 is 6.09 Å². The van der Waals surface area contributed by atoms with Gasteiger partial charge in [-0.3, -0.25) is 4.90 Å². The lowest BCUT2D eigenvalue weighted by Gasteiger charge is -2.28. The van der Waals surface area contributed by atoms with Crippen LogP contribution in [0.3, 0.4) is 0 Å². The van der Waals surface area contributed by atoms with Gasteiger partial charge in [0.2, 0.25) is 0 Å². The Hall–Kier alpha value is -2.18. The van der Waals surface area contributed by atoms with Crippen molar-refractivity contribution in [1.82, 2.24) is 9.97 Å². The molecule has 6 nitrogen and oxygen atoms in total. The summed E-state index contributed by atoms with van der Waals surface area (Å²) in [7, 11) is 0. The molecule has 7 heteroatoms. The van der Waals surface area contributed by atoms with Gasteiger partial charge in [0.25, 0.3) is 0 Å². The van der Waals surface area contributed by atoms with E-state index in [1.165, 1.54) is 17.3 Å². The Balaban J connectivity index is 2.17. The van der Waals surface area contributed by atoms with Crippen molar-refractivity contribution in [2.24, 2.45) is 0 Å². The maximum absolute atomic E-state index is 12.5. The molecule has 0 aliphatic rings. The first kappa shape index (κ1) is 17.2. The zero-order chi connectivity index (χ0) is 16.7. The molecule has 1 aromatic heterocycles. The minimum absolute atomic E-state index is 0.136. The minimum atomic E-state index is -0.593. The van der Waals surface area contributed by atoms with Gasteiger partial charge in [-0.15, -0.1) is 0 Å². The van der Waals surface area contributed by atoms with Crippen molar-refractivity contribution in [3.63, 3.8) is 0 Å². The van der Waals surface area contributed by atoms with Crippen LogP contribution in [0.25, 0.3) is 0 Å². The second kappa shape index (κ2) is 8.45. The molecule has 1 aromatic carbocycles. The minimum Gasteiger partial charge on any atom is -0.444 e. The van der Waals surface area contributed by atoms with E-state index in [1.807, 2.05) is 37.3 Å². The van der Waals surface area contributed by atoms with Crippen molar-refractivity contribution in [3.05, 3.63) is 53.4 Å². The van der Waals surface area contributed by atoms with E-state index in [1.54, 1.807) is 0 Å². The predicted molar refractivity (Wildman–Crippen MR) is 87.3 cm³/mol. The van der Waals surface area contributed by atoms with Gasteiger partial charge in [-0.1, -0.05) is 48.9 Å². The number of carbonyl (C=O) groups is 1. The van der Waals surface area contributed by atoms with Crippen LogP contribution in [0.4, 0.5) is 10.6 Å². The molecular formula is C16H18ClN3O3. The highest BCUT2D eigenvalue weighted by Gasteiger charge is 2.26. The first-order chi connectivity index (χ1) is 11.2. The summed E-state index contributed by atoms with van der Waals surface area (Å²) >= 11 is 5.87. The van der Waals surface area contributed by atoms with E-state index in [9.17, 15) is 9.90 Å². The number of ether oxygens (including phenoxy) is 1. The highest BCUT2D eigenvalue weighted by atomic mass is 35.5. The van der Waals surface area contributed by atoms with Gasteiger partial charge in [-0.2, -0.15) is 0 Å². The van der Waals surface area contributed by atoms with Gasteiger partial charge in [0.15, 0.2) is 0 Å². The molecule has 0 radical (unpaired) electrons. The Morgan fingerprint density at radius 1 is 1.35 bits per heavy atom. The van der Waals surface area contributed by atoms with Gasteiger partial charge in [0.05, 0.1) is 12.6 Å². The fourth-order valence-corrected chi connectivity index (χ4v) is 2.21. The number of carbonyl (C=O) groups excluding carboxylic acids is 1. The Labute approximate surface area is 139 Å². The standard InChI is InChI=1S/C16H18ClN3O3/c1-2-13(9-21)20(15-8-14(17)18-11-19-15)16(22)23-10-12-6-4-3-5-7-12/h3-8,11,13,21H,2,9-10H2,1H3. The molecule has 1 heterocycles. The van der Waals surface area contributed by atoms with Crippen LogP contribution in [-0.4, -0.2) is 33.8 Å². The van der Waals surface area contributed by atoms with Crippen LogP contribution < -0.4 is 4.90 Å². The molecule has 1 atom stereocenters. The molecule has 0 saturated carbocycles. The summed E-state index contributed by atoms with van der Waals surface area (Å²) in [6.45, 7) is 1.79. The molecule has 23 heavy (non-hydrogen) atoms.